The lowest BCUT2D eigenvalue weighted by atomic mass is 9.84. The van der Waals surface area contributed by atoms with E-state index in [4.69, 9.17) is 10.00 Å². The molecule has 1 aromatic heterocycles. The fourth-order valence-corrected chi connectivity index (χ4v) is 3.29. The summed E-state index contributed by atoms with van der Waals surface area (Å²) in [4.78, 5) is 24.4. The van der Waals surface area contributed by atoms with Crippen molar-refractivity contribution in [1.29, 1.82) is 5.26 Å². The van der Waals surface area contributed by atoms with Crippen LogP contribution in [0, 0.1) is 17.2 Å². The lowest BCUT2D eigenvalue weighted by Crippen LogP contribution is -2.45. The molecule has 1 N–H and O–H groups in total. The summed E-state index contributed by atoms with van der Waals surface area (Å²) in [7, 11) is 1.36. The summed E-state index contributed by atoms with van der Waals surface area (Å²) < 4.78 is 4.80. The molecule has 1 aliphatic carbocycles. The molecule has 0 aromatic carbocycles. The second kappa shape index (κ2) is 6.53. The maximum absolute atomic E-state index is 12.2. The number of hydrogen-bond donors (Lipinski definition) is 1. The molecule has 1 fully saturated rings. The van der Waals surface area contributed by atoms with Crippen molar-refractivity contribution in [3.05, 3.63) is 21.9 Å². The van der Waals surface area contributed by atoms with E-state index in [0.717, 1.165) is 25.7 Å². The third-order valence-electron chi connectivity index (χ3n) is 3.58. The average Bonchev–Trinajstić information content (AvgIpc) is 2.95. The third-order valence-corrected chi connectivity index (χ3v) is 4.49. The molecule has 5 nitrogen and oxygen atoms in total. The second-order valence-corrected chi connectivity index (χ2v) is 5.69. The highest BCUT2D eigenvalue weighted by molar-refractivity contribution is 7.12. The van der Waals surface area contributed by atoms with Crippen molar-refractivity contribution in [3.63, 3.8) is 0 Å². The summed E-state index contributed by atoms with van der Waals surface area (Å²) in [5.41, 5.74) is 0.373. The fraction of sp³-hybridized carbons (Fsp3) is 0.500. The Morgan fingerprint density at radius 1 is 1.45 bits per heavy atom. The topological polar surface area (TPSA) is 79.2 Å². The Balaban J connectivity index is 2.09. The molecule has 1 aliphatic rings. The minimum absolute atomic E-state index is 0.211. The highest BCUT2D eigenvalue weighted by Crippen LogP contribution is 2.26. The van der Waals surface area contributed by atoms with Gasteiger partial charge in [-0.05, 0) is 24.3 Å². The Bertz CT molecular complexity index is 547. The van der Waals surface area contributed by atoms with Crippen molar-refractivity contribution in [1.82, 2.24) is 5.32 Å². The Kier molecular flexibility index (Phi) is 4.74. The van der Waals surface area contributed by atoms with Gasteiger partial charge in [-0.15, -0.1) is 11.3 Å². The monoisotopic (exact) mass is 292 g/mol. The highest BCUT2D eigenvalue weighted by atomic mass is 32.1. The Labute approximate surface area is 121 Å². The zero-order valence-electron chi connectivity index (χ0n) is 11.2. The number of nitrogens with zero attached hydrogens (tertiary/aromatic N) is 1. The Morgan fingerprint density at radius 2 is 2.20 bits per heavy atom. The van der Waals surface area contributed by atoms with Crippen molar-refractivity contribution in [3.8, 4) is 6.07 Å². The van der Waals surface area contributed by atoms with E-state index in [2.05, 4.69) is 5.32 Å². The van der Waals surface area contributed by atoms with Crippen LogP contribution in [0.1, 0.15) is 40.9 Å². The molecular weight excluding hydrogens is 276 g/mol. The minimum atomic E-state index is -0.289. The number of methoxy groups -OCH3 is 1. The van der Waals surface area contributed by atoms with E-state index in [1.165, 1.54) is 18.4 Å². The summed E-state index contributed by atoms with van der Waals surface area (Å²) in [5, 5.41) is 13.5. The van der Waals surface area contributed by atoms with E-state index in [1.54, 1.807) is 11.4 Å². The predicted molar refractivity (Wildman–Crippen MR) is 74.3 cm³/mol. The zero-order chi connectivity index (χ0) is 14.5. The SMILES string of the molecule is COC(=O)[C@H]1CCCC[C@@H]1NC(=O)c1sccc1C#N. The summed E-state index contributed by atoms with van der Waals surface area (Å²) in [6.07, 6.45) is 3.44. The van der Waals surface area contributed by atoms with E-state index in [1.807, 2.05) is 6.07 Å². The number of ether oxygens (including phenoxy) is 1. The molecule has 20 heavy (non-hydrogen) atoms. The van der Waals surface area contributed by atoms with Crippen LogP contribution < -0.4 is 5.32 Å². The number of carbonyl (C=O) groups is 2. The van der Waals surface area contributed by atoms with E-state index >= 15 is 0 Å². The third kappa shape index (κ3) is 2.99. The predicted octanol–water partition coefficient (Wildman–Crippen LogP) is 2.08. The van der Waals surface area contributed by atoms with Crippen molar-refractivity contribution in [2.45, 2.75) is 31.7 Å². The van der Waals surface area contributed by atoms with Gasteiger partial charge in [-0.1, -0.05) is 12.8 Å². The first-order chi connectivity index (χ1) is 9.67. The summed E-state index contributed by atoms with van der Waals surface area (Å²) in [6, 6.07) is 3.41. The normalized spacial score (nSPS) is 21.8. The van der Waals surface area contributed by atoms with Crippen molar-refractivity contribution < 1.29 is 14.3 Å². The van der Waals surface area contributed by atoms with Crippen LogP contribution in [0.5, 0.6) is 0 Å². The molecule has 1 saturated carbocycles. The maximum atomic E-state index is 12.2. The van der Waals surface area contributed by atoms with Crippen LogP contribution in [-0.4, -0.2) is 25.0 Å². The standard InChI is InChI=1S/C14H16N2O3S/c1-19-14(18)10-4-2-3-5-11(10)16-13(17)12-9(8-15)6-7-20-12/h6-7,10-11H,2-5H2,1H3,(H,16,17)/t10-,11-/m0/s1. The van der Waals surface area contributed by atoms with Crippen LogP contribution in [0.3, 0.4) is 0 Å². The van der Waals surface area contributed by atoms with Crippen molar-refractivity contribution >= 4 is 23.2 Å². The summed E-state index contributed by atoms with van der Waals surface area (Å²) in [6.45, 7) is 0. The van der Waals surface area contributed by atoms with Crippen molar-refractivity contribution in [2.24, 2.45) is 5.92 Å². The first kappa shape index (κ1) is 14.5. The van der Waals surface area contributed by atoms with Crippen LogP contribution in [-0.2, 0) is 9.53 Å². The smallest absolute Gasteiger partial charge is 0.310 e. The van der Waals surface area contributed by atoms with Crippen LogP contribution in [0.4, 0.5) is 0 Å². The molecule has 0 bridgehead atoms. The molecular formula is C14H16N2O3S. The summed E-state index contributed by atoms with van der Waals surface area (Å²) in [5.74, 6) is -0.845. The first-order valence-corrected chi connectivity index (χ1v) is 7.41. The van der Waals surface area contributed by atoms with Crippen LogP contribution in [0.25, 0.3) is 0 Å². The number of amides is 1. The largest absolute Gasteiger partial charge is 0.469 e. The van der Waals surface area contributed by atoms with Gasteiger partial charge in [0.25, 0.3) is 5.91 Å². The van der Waals surface area contributed by atoms with Crippen molar-refractivity contribution in [2.75, 3.05) is 7.11 Å². The molecule has 0 unspecified atom stereocenters. The molecule has 0 aliphatic heterocycles. The van der Waals surface area contributed by atoms with Gasteiger partial charge in [0, 0.05) is 6.04 Å². The molecule has 106 valence electrons. The number of carbonyl (C=O) groups excluding carboxylic acids is 2. The number of hydrogen-bond acceptors (Lipinski definition) is 5. The number of nitrogens with one attached hydrogen (secondary N) is 1. The van der Waals surface area contributed by atoms with Crippen LogP contribution in [0.2, 0.25) is 0 Å². The molecule has 0 radical (unpaired) electrons. The molecule has 1 aromatic rings. The van der Waals surface area contributed by atoms with Gasteiger partial charge in [-0.25, -0.2) is 0 Å². The Hall–Kier alpha value is -1.87. The van der Waals surface area contributed by atoms with Crippen LogP contribution >= 0.6 is 11.3 Å². The lowest BCUT2D eigenvalue weighted by molar-refractivity contribution is -0.147. The fourth-order valence-electron chi connectivity index (χ4n) is 2.54. The molecule has 2 atom stereocenters. The highest BCUT2D eigenvalue weighted by Gasteiger charge is 2.33. The van der Waals surface area contributed by atoms with Gasteiger partial charge < -0.3 is 10.1 Å². The molecule has 6 heteroatoms. The average molecular weight is 292 g/mol. The molecule has 1 heterocycles. The second-order valence-electron chi connectivity index (χ2n) is 4.77. The first-order valence-electron chi connectivity index (χ1n) is 6.53. The molecule has 2 rings (SSSR count). The number of esters is 1. The van der Waals surface area contributed by atoms with Crippen LogP contribution in [0.15, 0.2) is 11.4 Å². The van der Waals surface area contributed by atoms with Gasteiger partial charge in [-0.3, -0.25) is 9.59 Å². The lowest BCUT2D eigenvalue weighted by Gasteiger charge is -2.30. The van der Waals surface area contributed by atoms with Gasteiger partial charge in [0.2, 0.25) is 0 Å². The van der Waals surface area contributed by atoms with Gasteiger partial charge in [0.15, 0.2) is 0 Å². The van der Waals surface area contributed by atoms with Gasteiger partial charge >= 0.3 is 5.97 Å². The van der Waals surface area contributed by atoms with E-state index in [9.17, 15) is 9.59 Å². The number of thiophene rings is 1. The molecule has 1 amide bonds. The number of nitriles is 1. The molecule has 0 saturated heterocycles. The van der Waals surface area contributed by atoms with E-state index < -0.39 is 0 Å². The van der Waals surface area contributed by atoms with Gasteiger partial charge in [0.05, 0.1) is 18.6 Å². The Morgan fingerprint density at radius 3 is 2.90 bits per heavy atom. The van der Waals surface area contributed by atoms with E-state index in [-0.39, 0.29) is 23.8 Å². The van der Waals surface area contributed by atoms with E-state index in [0.29, 0.717) is 10.4 Å². The summed E-state index contributed by atoms with van der Waals surface area (Å²) >= 11 is 1.24. The quantitative estimate of drug-likeness (QED) is 0.865. The maximum Gasteiger partial charge on any atom is 0.310 e. The van der Waals surface area contributed by atoms with Gasteiger partial charge in [-0.2, -0.15) is 5.26 Å². The minimum Gasteiger partial charge on any atom is -0.469 e. The van der Waals surface area contributed by atoms with Gasteiger partial charge in [0.1, 0.15) is 10.9 Å². The zero-order valence-corrected chi connectivity index (χ0v) is 12.0. The molecule has 0 spiro atoms. The number of rotatable bonds is 3.